The third-order valence-corrected chi connectivity index (χ3v) is 32.5. The number of allylic oxidation sites excluding steroid dienone is 2. The van der Waals surface area contributed by atoms with Gasteiger partial charge in [0.2, 0.25) is 0 Å². The number of aliphatic hydroxyl groups is 3. The van der Waals surface area contributed by atoms with Crippen LogP contribution in [0.3, 0.4) is 0 Å². The zero-order valence-corrected chi connectivity index (χ0v) is 87.4. The molecule has 10 heteroatoms. The molecule has 8 aliphatic carbocycles. The van der Waals surface area contributed by atoms with E-state index in [1.807, 2.05) is 13.8 Å². The molecule has 19 atom stereocenters. The second-order valence-electron chi connectivity index (χ2n) is 44.2. The number of hydrogen-bond donors (Lipinski definition) is 3. The van der Waals surface area contributed by atoms with Crippen LogP contribution in [0.25, 0.3) is 0 Å². The second-order valence-corrected chi connectivity index (χ2v) is 44.2. The van der Waals surface area contributed by atoms with Crippen molar-refractivity contribution in [2.45, 2.75) is 569 Å². The predicted molar refractivity (Wildman–Crippen MR) is 538 cm³/mol. The van der Waals surface area contributed by atoms with Gasteiger partial charge in [-0.25, -0.2) is 0 Å². The summed E-state index contributed by atoms with van der Waals surface area (Å²) in [6.07, 6.45) is 75.2. The topological polar surface area (TPSA) is 172 Å². The number of aliphatic hydroxyl groups excluding tert-OH is 3. The van der Waals surface area contributed by atoms with Crippen LogP contribution in [-0.2, 0) is 33.5 Å². The molecule has 8 rings (SSSR count). The van der Waals surface area contributed by atoms with E-state index in [1.165, 1.54) is 262 Å². The quantitative estimate of drug-likeness (QED) is 0.0393. The lowest BCUT2D eigenvalue weighted by atomic mass is 9.43. The van der Waals surface area contributed by atoms with Gasteiger partial charge in [0.15, 0.2) is 0 Å². The lowest BCUT2D eigenvalue weighted by Gasteiger charge is -2.63. The van der Waals surface area contributed by atoms with Crippen molar-refractivity contribution in [3.05, 3.63) is 23.8 Å². The van der Waals surface area contributed by atoms with Crippen LogP contribution in [0.5, 0.6) is 0 Å². The summed E-state index contributed by atoms with van der Waals surface area (Å²) in [6, 6.07) is 0. The first-order valence-corrected chi connectivity index (χ1v) is 54.4. The first-order chi connectivity index (χ1) is 59.4. The van der Waals surface area contributed by atoms with Crippen LogP contribution in [-0.4, -0.2) is 81.0 Å². The van der Waals surface area contributed by atoms with Crippen LogP contribution in [0, 0.1) is 98.6 Å². The Bertz CT molecular complexity index is 2830. The number of hydrogen-bond acceptors (Lipinski definition) is 10. The summed E-state index contributed by atoms with van der Waals surface area (Å²) >= 11 is 0. The summed E-state index contributed by atoms with van der Waals surface area (Å²) in [4.78, 5) is 64.0. The van der Waals surface area contributed by atoms with Gasteiger partial charge in [0.05, 0.1) is 31.0 Å². The highest BCUT2D eigenvalue weighted by Gasteiger charge is 2.66. The lowest BCUT2D eigenvalue weighted by molar-refractivity contribution is -0.207. The first-order valence-electron chi connectivity index (χ1n) is 54.4. The minimum atomic E-state index is -0.275. The molecule has 0 amide bonds. The monoisotopic (exact) mass is 1760 g/mol. The van der Waals surface area contributed by atoms with E-state index in [4.69, 9.17) is 4.74 Å². The fourth-order valence-corrected chi connectivity index (χ4v) is 24.8. The van der Waals surface area contributed by atoms with E-state index in [0.29, 0.717) is 94.4 Å². The third kappa shape index (κ3) is 47.2. The largest absolute Gasteiger partial charge is 0.393 e. The molecule has 3 N–H and O–H groups in total. The summed E-state index contributed by atoms with van der Waals surface area (Å²) < 4.78 is 6.13. The van der Waals surface area contributed by atoms with E-state index >= 15 is 0 Å². The zero-order chi connectivity index (χ0) is 94.0. The molecule has 0 bridgehead atoms. The normalized spacial score (nSPS) is 28.2. The molecular weight excluding hydrogens is 1540 g/mol. The van der Waals surface area contributed by atoms with Gasteiger partial charge in [0.1, 0.15) is 34.7 Å². The van der Waals surface area contributed by atoms with Crippen LogP contribution in [0.2, 0.25) is 0 Å². The molecule has 0 saturated heterocycles. The van der Waals surface area contributed by atoms with Crippen molar-refractivity contribution in [1.82, 2.24) is 0 Å². The Hall–Kier alpha value is -2.66. The van der Waals surface area contributed by atoms with Gasteiger partial charge in [0.25, 0.3) is 0 Å². The molecule has 0 spiro atoms. The molecule has 10 nitrogen and oxygen atoms in total. The molecule has 734 valence electrons. The van der Waals surface area contributed by atoms with Crippen LogP contribution in [0.1, 0.15) is 544 Å². The number of fused-ring (bicyclic) bond motifs is 10. The Labute approximate surface area is 776 Å². The number of carbonyl (C=O) groups is 6. The Balaban J connectivity index is 0.000000773. The maximum absolute atomic E-state index is 11.6. The van der Waals surface area contributed by atoms with E-state index in [1.54, 1.807) is 47.1 Å². The Morgan fingerprint density at radius 2 is 0.792 bits per heavy atom. The Morgan fingerprint density at radius 3 is 1.24 bits per heavy atom. The molecule has 0 aliphatic heterocycles. The number of carbonyl (C=O) groups excluding carboxylic acids is 6. The van der Waals surface area contributed by atoms with Gasteiger partial charge in [-0.3, -0.25) is 4.79 Å². The maximum atomic E-state index is 11.6. The van der Waals surface area contributed by atoms with E-state index in [9.17, 15) is 44.1 Å². The smallest absolute Gasteiger partial charge is 0.132 e. The summed E-state index contributed by atoms with van der Waals surface area (Å²) in [5, 5.41) is 33.1. The highest BCUT2D eigenvalue weighted by Crippen LogP contribution is 2.70. The van der Waals surface area contributed by atoms with Crippen molar-refractivity contribution >= 4 is 34.7 Å². The molecule has 125 heavy (non-hydrogen) atoms. The van der Waals surface area contributed by atoms with Gasteiger partial charge in [0, 0.05) is 38.5 Å². The Kier molecular flexibility index (Phi) is 66.6. The van der Waals surface area contributed by atoms with Crippen molar-refractivity contribution in [2.75, 3.05) is 6.61 Å². The number of Topliss-reactive ketones (excluding diaryl/α,β-unsaturated/α-hetero) is 6. The van der Waals surface area contributed by atoms with E-state index in [2.05, 4.69) is 117 Å². The number of rotatable bonds is 53. The van der Waals surface area contributed by atoms with Gasteiger partial charge < -0.3 is 44.0 Å². The standard InChI is InChI=1S/C31H52O2.C26H44O3.C17H34O.C15H30O.C9H18O.C8H16O.C7H14O.C2H6/c1-21(2)8-7-9-22(3)27-12-13-28-26-11-10-24-20-25(33-19-16-23(4)32)14-17-30(24,5)29(26)15-18-31(27,28)6;1-15(2)6-7-16(3)19-8-9-20-24-21(14-23(29)26(19,20)5)25(4)11-10-18(27)12-17(25)13-22(24)28;1-3-4-5-6-7-8-9-10-11-12-13-14-15-16-17(2)18;1-3-4-5-6-7-8-9-10-11-12-13-14-15(2)16;1-8(2)6-4-5-7-9(3)10;1-3-4-5-6-7-8(2)9;1-3-4-5-6-7(2)8;1-2/h10,21-22,25-29H,7-9,11-20H2,1-6H3;16-24,27-29H,1,6-14H2,2-5H3;3-16H2,1-2H3;3-14H2,1-2H3;8H,4-7H2,1-3H3;3-7H2,1-2H3;3-6H2,1-2H3;1-2H3/t22-,25?,26+,27-,28+,29+,30+,31-;16-,17+,18-,19-,20+,21+,22-,23+,24+,25+,26-;;;;;;/m11....../s1. The summed E-state index contributed by atoms with van der Waals surface area (Å²) in [6.45, 7) is 53.9. The molecule has 7 fully saturated rings. The zero-order valence-electron chi connectivity index (χ0n) is 87.4. The van der Waals surface area contributed by atoms with Crippen LogP contribution >= 0.6 is 0 Å². The van der Waals surface area contributed by atoms with Gasteiger partial charge in [-0.15, -0.1) is 6.58 Å². The molecule has 0 aromatic carbocycles. The maximum Gasteiger partial charge on any atom is 0.132 e. The van der Waals surface area contributed by atoms with Crippen molar-refractivity contribution in [3.8, 4) is 0 Å². The predicted octanol–water partition coefficient (Wildman–Crippen LogP) is 33.2. The van der Waals surface area contributed by atoms with Crippen LogP contribution in [0.4, 0.5) is 0 Å². The van der Waals surface area contributed by atoms with Gasteiger partial charge >= 0.3 is 0 Å². The molecule has 8 aliphatic rings. The molecule has 0 aromatic heterocycles. The number of ketones is 6. The molecule has 0 aromatic rings. The fraction of sp³-hybridized carbons (Fsp3) is 0.913. The van der Waals surface area contributed by atoms with Crippen molar-refractivity contribution in [2.24, 2.45) is 98.6 Å². The van der Waals surface area contributed by atoms with E-state index in [-0.39, 0.29) is 34.9 Å². The van der Waals surface area contributed by atoms with Crippen molar-refractivity contribution in [1.29, 1.82) is 0 Å². The summed E-state index contributed by atoms with van der Waals surface area (Å²) in [7, 11) is 0. The highest BCUT2D eigenvalue weighted by atomic mass is 16.5. The second kappa shape index (κ2) is 69.2. The minimum Gasteiger partial charge on any atom is -0.393 e. The van der Waals surface area contributed by atoms with Crippen LogP contribution < -0.4 is 0 Å². The van der Waals surface area contributed by atoms with Crippen molar-refractivity contribution in [3.63, 3.8) is 0 Å². The SMILES string of the molecule is C=C(C)CC[C@@H](C)[C@H]1CC[C@H]2[C@@H]3[C@H](O)C[C@@H]4C[C@H](O)CC[C@]4(C)[C@H]3C[C@H](O)[C@]12C.CC.CC(=O)CCCCC(C)C.CC(=O)CCOC1CC[C@@]2(C)C(=CC[C@H]3[C@@H]4CC[C@H]([C@H](C)CCCC(C)C)[C@@]4(C)CC[C@@H]32)C1.CCCCCC(C)=O.CCCCCCC(C)=O.CCCCCCCCCCCCCC(C)=O.CCCCCCCCCCCCCCCC(C)=O. The van der Waals surface area contributed by atoms with Crippen molar-refractivity contribution < 1.29 is 48.8 Å². The molecular formula is C115H214O10. The van der Waals surface area contributed by atoms with Gasteiger partial charge in [-0.2, -0.15) is 0 Å². The molecule has 7 saturated carbocycles. The van der Waals surface area contributed by atoms with Gasteiger partial charge in [-0.1, -0.05) is 333 Å². The fourth-order valence-electron chi connectivity index (χ4n) is 24.8. The van der Waals surface area contributed by atoms with E-state index < -0.39 is 0 Å². The van der Waals surface area contributed by atoms with Crippen LogP contribution in [0.15, 0.2) is 23.8 Å². The first kappa shape index (κ1) is 120. The average Bonchev–Trinajstić information content (AvgIpc) is 1.64. The number of unbranched alkanes of at least 4 members (excludes halogenated alkanes) is 28. The average molecular weight is 1760 g/mol. The van der Waals surface area contributed by atoms with E-state index in [0.717, 1.165) is 163 Å². The molecule has 1 unspecified atom stereocenters. The minimum absolute atomic E-state index is 0.0754. The highest BCUT2D eigenvalue weighted by molar-refractivity contribution is 5.77. The Morgan fingerprint density at radius 1 is 0.400 bits per heavy atom. The third-order valence-electron chi connectivity index (χ3n) is 32.5. The summed E-state index contributed by atoms with van der Waals surface area (Å²) in [5.74, 6) is 10.7. The summed E-state index contributed by atoms with van der Waals surface area (Å²) in [5.41, 5.74) is 4.01. The number of ether oxygens (including phenoxy) is 1. The van der Waals surface area contributed by atoms with Gasteiger partial charge in [-0.05, 0) is 288 Å². The molecule has 0 heterocycles. The molecule has 0 radical (unpaired) electrons. The lowest BCUT2D eigenvalue weighted by Crippen LogP contribution is -2.62.